The van der Waals surface area contributed by atoms with Crippen molar-refractivity contribution in [1.29, 1.82) is 0 Å². The minimum atomic E-state index is -0.00334. The number of amides is 2. The van der Waals surface area contributed by atoms with E-state index in [1.54, 1.807) is 30.9 Å². The van der Waals surface area contributed by atoms with E-state index in [4.69, 9.17) is 0 Å². The van der Waals surface area contributed by atoms with Gasteiger partial charge in [0, 0.05) is 44.1 Å². The molecule has 1 aromatic carbocycles. The summed E-state index contributed by atoms with van der Waals surface area (Å²) in [5, 5.41) is 0. The van der Waals surface area contributed by atoms with Crippen LogP contribution in [0.4, 0.5) is 0 Å². The van der Waals surface area contributed by atoms with E-state index >= 15 is 0 Å². The number of H-pyrrole nitrogens is 1. The zero-order chi connectivity index (χ0) is 18.6. The maximum atomic E-state index is 12.7. The third-order valence-corrected chi connectivity index (χ3v) is 4.90. The monoisotopic (exact) mass is 363 g/mol. The number of hydrogen-bond donors (Lipinski definition) is 1. The van der Waals surface area contributed by atoms with E-state index in [1.807, 2.05) is 28.0 Å². The lowest BCUT2D eigenvalue weighted by Crippen LogP contribution is -2.38. The Morgan fingerprint density at radius 1 is 1.00 bits per heavy atom. The van der Waals surface area contributed by atoms with Gasteiger partial charge in [-0.25, -0.2) is 4.98 Å². The van der Waals surface area contributed by atoms with Crippen molar-refractivity contribution in [2.75, 3.05) is 26.2 Å². The summed E-state index contributed by atoms with van der Waals surface area (Å²) in [6.07, 6.45) is 6.03. The molecule has 0 aliphatic carbocycles. The van der Waals surface area contributed by atoms with Crippen molar-refractivity contribution in [2.24, 2.45) is 0 Å². The molecule has 1 fully saturated rings. The van der Waals surface area contributed by atoms with Gasteiger partial charge in [-0.3, -0.25) is 14.6 Å². The predicted octanol–water partition coefficient (Wildman–Crippen LogP) is 1.88. The summed E-state index contributed by atoms with van der Waals surface area (Å²) in [4.78, 5) is 40.2. The fourth-order valence-corrected chi connectivity index (χ4v) is 3.43. The Morgan fingerprint density at radius 2 is 1.78 bits per heavy atom. The molecule has 3 heterocycles. The summed E-state index contributed by atoms with van der Waals surface area (Å²) < 4.78 is 0. The first kappa shape index (κ1) is 17.2. The average Bonchev–Trinajstić information content (AvgIpc) is 3.02. The first-order valence-electron chi connectivity index (χ1n) is 9.10. The summed E-state index contributed by atoms with van der Waals surface area (Å²) in [6, 6.07) is 9.28. The largest absolute Gasteiger partial charge is 0.345 e. The van der Waals surface area contributed by atoms with Crippen molar-refractivity contribution in [3.05, 3.63) is 60.2 Å². The smallest absolute Gasteiger partial charge is 0.254 e. The summed E-state index contributed by atoms with van der Waals surface area (Å²) >= 11 is 0. The number of nitrogens with one attached hydrogen (secondary N) is 1. The number of benzene rings is 1. The van der Waals surface area contributed by atoms with Gasteiger partial charge in [0.25, 0.3) is 5.91 Å². The molecule has 7 heteroatoms. The fourth-order valence-electron chi connectivity index (χ4n) is 3.43. The van der Waals surface area contributed by atoms with Crippen LogP contribution in [0.2, 0.25) is 0 Å². The van der Waals surface area contributed by atoms with Gasteiger partial charge in [0.1, 0.15) is 0 Å². The molecule has 2 aromatic heterocycles. The second-order valence-electron chi connectivity index (χ2n) is 6.69. The molecule has 0 saturated carbocycles. The Labute approximate surface area is 157 Å². The van der Waals surface area contributed by atoms with E-state index in [0.29, 0.717) is 38.2 Å². The molecule has 1 saturated heterocycles. The van der Waals surface area contributed by atoms with Crippen LogP contribution in [0.5, 0.6) is 0 Å². The van der Waals surface area contributed by atoms with Crippen molar-refractivity contribution in [2.45, 2.75) is 12.8 Å². The van der Waals surface area contributed by atoms with Crippen molar-refractivity contribution in [3.63, 3.8) is 0 Å². The van der Waals surface area contributed by atoms with Gasteiger partial charge in [-0.05, 0) is 36.2 Å². The number of aromatic nitrogens is 3. The summed E-state index contributed by atoms with van der Waals surface area (Å²) in [5.74, 6) is 0.0865. The summed E-state index contributed by atoms with van der Waals surface area (Å²) in [6.45, 7) is 2.44. The summed E-state index contributed by atoms with van der Waals surface area (Å²) in [7, 11) is 0. The molecule has 1 N–H and O–H groups in total. The number of aromatic amines is 1. The van der Waals surface area contributed by atoms with Crippen LogP contribution >= 0.6 is 0 Å². The Hall–Kier alpha value is -3.22. The quantitative estimate of drug-likeness (QED) is 0.770. The molecule has 1 aliphatic heterocycles. The molecule has 4 rings (SSSR count). The Bertz CT molecular complexity index is 953. The molecule has 1 aliphatic rings. The van der Waals surface area contributed by atoms with Crippen molar-refractivity contribution < 1.29 is 9.59 Å². The van der Waals surface area contributed by atoms with Gasteiger partial charge in [-0.1, -0.05) is 6.07 Å². The van der Waals surface area contributed by atoms with Gasteiger partial charge >= 0.3 is 0 Å². The van der Waals surface area contributed by atoms with Crippen LogP contribution in [0.1, 0.15) is 22.3 Å². The molecule has 2 amide bonds. The molecule has 0 bridgehead atoms. The maximum absolute atomic E-state index is 12.7. The standard InChI is InChI=1S/C20H21N5O2/c26-19(13-15-2-3-17-18(12-15)23-14-22-17)24-8-1-9-25(11-10-24)20(27)16-4-6-21-7-5-16/h2-7,12,14H,1,8-11,13H2,(H,22,23). The Balaban J connectivity index is 1.38. The number of nitrogens with zero attached hydrogens (tertiary/aromatic N) is 4. The Kier molecular flexibility index (Phi) is 4.82. The number of rotatable bonds is 3. The molecule has 7 nitrogen and oxygen atoms in total. The zero-order valence-corrected chi connectivity index (χ0v) is 15.0. The number of carbonyl (C=O) groups excluding carboxylic acids is 2. The van der Waals surface area contributed by atoms with Crippen molar-refractivity contribution >= 4 is 22.8 Å². The maximum Gasteiger partial charge on any atom is 0.254 e. The Morgan fingerprint density at radius 3 is 2.63 bits per heavy atom. The molecule has 0 atom stereocenters. The van der Waals surface area contributed by atoms with E-state index in [2.05, 4.69) is 15.0 Å². The highest BCUT2D eigenvalue weighted by molar-refractivity contribution is 5.94. The first-order valence-corrected chi connectivity index (χ1v) is 9.10. The van der Waals surface area contributed by atoms with E-state index in [0.717, 1.165) is 23.0 Å². The van der Waals surface area contributed by atoms with E-state index in [9.17, 15) is 9.59 Å². The topological polar surface area (TPSA) is 82.2 Å². The van der Waals surface area contributed by atoms with Crippen molar-refractivity contribution in [3.8, 4) is 0 Å². The SMILES string of the molecule is O=C(Cc1ccc2nc[nH]c2c1)N1CCCN(C(=O)c2ccncc2)CC1. The number of fused-ring (bicyclic) bond motifs is 1. The highest BCUT2D eigenvalue weighted by atomic mass is 16.2. The highest BCUT2D eigenvalue weighted by Crippen LogP contribution is 2.14. The minimum absolute atomic E-state index is 0.00334. The van der Waals surface area contributed by atoms with Crippen LogP contribution < -0.4 is 0 Å². The normalized spacial score (nSPS) is 15.0. The number of hydrogen-bond acceptors (Lipinski definition) is 4. The van der Waals surface area contributed by atoms with Gasteiger partial charge in [-0.15, -0.1) is 0 Å². The van der Waals surface area contributed by atoms with E-state index in [-0.39, 0.29) is 11.8 Å². The molecule has 138 valence electrons. The van der Waals surface area contributed by atoms with Crippen LogP contribution in [0, 0.1) is 0 Å². The summed E-state index contributed by atoms with van der Waals surface area (Å²) in [5.41, 5.74) is 3.43. The molecule has 0 spiro atoms. The second kappa shape index (κ2) is 7.57. The molecular weight excluding hydrogens is 342 g/mol. The van der Waals surface area contributed by atoms with E-state index < -0.39 is 0 Å². The molecule has 3 aromatic rings. The zero-order valence-electron chi connectivity index (χ0n) is 15.0. The van der Waals surface area contributed by atoms with Crippen LogP contribution in [-0.2, 0) is 11.2 Å². The van der Waals surface area contributed by atoms with E-state index in [1.165, 1.54) is 0 Å². The molecule has 27 heavy (non-hydrogen) atoms. The first-order chi connectivity index (χ1) is 13.2. The average molecular weight is 363 g/mol. The molecular formula is C20H21N5O2. The number of pyridine rings is 1. The second-order valence-corrected chi connectivity index (χ2v) is 6.69. The van der Waals surface area contributed by atoms with Crippen LogP contribution in [0.3, 0.4) is 0 Å². The lowest BCUT2D eigenvalue weighted by molar-refractivity contribution is -0.130. The third-order valence-electron chi connectivity index (χ3n) is 4.90. The van der Waals surface area contributed by atoms with Gasteiger partial charge in [0.15, 0.2) is 0 Å². The predicted molar refractivity (Wildman–Crippen MR) is 101 cm³/mol. The van der Waals surface area contributed by atoms with Gasteiger partial charge in [0.05, 0.1) is 23.8 Å². The fraction of sp³-hybridized carbons (Fsp3) is 0.300. The van der Waals surface area contributed by atoms with Gasteiger partial charge < -0.3 is 14.8 Å². The minimum Gasteiger partial charge on any atom is -0.345 e. The van der Waals surface area contributed by atoms with Crippen molar-refractivity contribution in [1.82, 2.24) is 24.8 Å². The van der Waals surface area contributed by atoms with Gasteiger partial charge in [-0.2, -0.15) is 0 Å². The highest BCUT2D eigenvalue weighted by Gasteiger charge is 2.23. The molecule has 0 radical (unpaired) electrons. The number of imidazole rings is 1. The van der Waals surface area contributed by atoms with Crippen LogP contribution in [-0.4, -0.2) is 62.7 Å². The van der Waals surface area contributed by atoms with Gasteiger partial charge in [0.2, 0.25) is 5.91 Å². The number of carbonyl (C=O) groups is 2. The lowest BCUT2D eigenvalue weighted by Gasteiger charge is -2.22. The lowest BCUT2D eigenvalue weighted by atomic mass is 10.1. The van der Waals surface area contributed by atoms with Crippen LogP contribution in [0.25, 0.3) is 11.0 Å². The third kappa shape index (κ3) is 3.81. The van der Waals surface area contributed by atoms with Crippen LogP contribution in [0.15, 0.2) is 49.1 Å². The molecule has 0 unspecified atom stereocenters.